The molecule has 0 spiro atoms. The minimum absolute atomic E-state index is 0.258. The van der Waals surface area contributed by atoms with Gasteiger partial charge in [-0.25, -0.2) is 4.68 Å². The molecule has 1 aromatic carbocycles. The van der Waals surface area contributed by atoms with Crippen LogP contribution in [0.2, 0.25) is 0 Å². The number of likely N-dealkylation sites (tertiary alicyclic amines) is 1. The van der Waals surface area contributed by atoms with Crippen LogP contribution in [0.25, 0.3) is 0 Å². The van der Waals surface area contributed by atoms with Gasteiger partial charge >= 0.3 is 0 Å². The predicted molar refractivity (Wildman–Crippen MR) is 88.4 cm³/mol. The van der Waals surface area contributed by atoms with Gasteiger partial charge in [-0.2, -0.15) is 0 Å². The van der Waals surface area contributed by atoms with Crippen LogP contribution in [0.15, 0.2) is 30.5 Å². The smallest absolute Gasteiger partial charge is 0.222 e. The highest BCUT2D eigenvalue weighted by atomic mass is 16.5. The van der Waals surface area contributed by atoms with Gasteiger partial charge < -0.3 is 9.64 Å². The van der Waals surface area contributed by atoms with Crippen LogP contribution in [0.5, 0.6) is 0 Å². The van der Waals surface area contributed by atoms with E-state index in [0.717, 1.165) is 38.3 Å². The first kappa shape index (κ1) is 15.3. The molecule has 0 aliphatic carbocycles. The second-order valence-corrected chi connectivity index (χ2v) is 6.59. The van der Waals surface area contributed by atoms with E-state index in [-0.39, 0.29) is 5.91 Å². The van der Waals surface area contributed by atoms with E-state index in [4.69, 9.17) is 4.74 Å². The normalized spacial score (nSPS) is 20.9. The number of amides is 1. The highest BCUT2D eigenvalue weighted by Crippen LogP contribution is 2.23. The number of carbonyl (C=O) groups excluding carboxylic acids is 1. The average Bonchev–Trinajstić information content (AvgIpc) is 3.32. The molecular weight excluding hydrogens is 304 g/mol. The van der Waals surface area contributed by atoms with E-state index in [0.29, 0.717) is 25.4 Å². The van der Waals surface area contributed by atoms with Gasteiger partial charge in [-0.3, -0.25) is 4.79 Å². The first-order valence-electron chi connectivity index (χ1n) is 8.62. The fourth-order valence-electron chi connectivity index (χ4n) is 3.46. The van der Waals surface area contributed by atoms with E-state index in [2.05, 4.69) is 22.4 Å². The summed E-state index contributed by atoms with van der Waals surface area (Å²) in [6.07, 6.45) is 4.69. The highest BCUT2D eigenvalue weighted by molar-refractivity contribution is 5.78. The Balaban J connectivity index is 1.49. The van der Waals surface area contributed by atoms with Crippen molar-refractivity contribution >= 4 is 5.91 Å². The summed E-state index contributed by atoms with van der Waals surface area (Å²) in [5.41, 5.74) is 3.39. The third-order valence-electron chi connectivity index (χ3n) is 4.89. The van der Waals surface area contributed by atoms with Crippen LogP contribution in [0.3, 0.4) is 0 Å². The average molecular weight is 326 g/mol. The molecular formula is C18H22N4O2. The largest absolute Gasteiger partial charge is 0.381 e. The molecule has 2 aromatic rings. The molecule has 0 radical (unpaired) electrons. The summed E-state index contributed by atoms with van der Waals surface area (Å²) in [5.74, 6) is 0.630. The monoisotopic (exact) mass is 326 g/mol. The number of aromatic nitrogens is 3. The first-order chi connectivity index (χ1) is 11.8. The quantitative estimate of drug-likeness (QED) is 0.843. The van der Waals surface area contributed by atoms with Crippen molar-refractivity contribution in [1.29, 1.82) is 0 Å². The summed E-state index contributed by atoms with van der Waals surface area (Å²) in [6, 6.07) is 8.27. The van der Waals surface area contributed by atoms with Crippen LogP contribution in [-0.2, 0) is 22.6 Å². The number of rotatable bonds is 5. The van der Waals surface area contributed by atoms with Gasteiger partial charge in [-0.15, -0.1) is 5.10 Å². The van der Waals surface area contributed by atoms with Gasteiger partial charge in [0, 0.05) is 38.2 Å². The second kappa shape index (κ2) is 6.73. The molecule has 1 aromatic heterocycles. The van der Waals surface area contributed by atoms with Gasteiger partial charge in [0.1, 0.15) is 0 Å². The zero-order valence-electron chi connectivity index (χ0n) is 13.7. The molecule has 3 heterocycles. The maximum Gasteiger partial charge on any atom is 0.222 e. The van der Waals surface area contributed by atoms with Crippen molar-refractivity contribution in [3.8, 4) is 0 Å². The van der Waals surface area contributed by atoms with Crippen molar-refractivity contribution in [3.63, 3.8) is 0 Å². The van der Waals surface area contributed by atoms with Crippen LogP contribution >= 0.6 is 0 Å². The Kier molecular flexibility index (Phi) is 4.30. The molecule has 126 valence electrons. The van der Waals surface area contributed by atoms with Crippen LogP contribution < -0.4 is 0 Å². The number of hydrogen-bond acceptors (Lipinski definition) is 4. The molecule has 6 nitrogen and oxygen atoms in total. The maximum atomic E-state index is 11.9. The first-order valence-corrected chi connectivity index (χ1v) is 8.62. The van der Waals surface area contributed by atoms with E-state index < -0.39 is 0 Å². The molecule has 6 heteroatoms. The summed E-state index contributed by atoms with van der Waals surface area (Å²) in [6.45, 7) is 3.78. The summed E-state index contributed by atoms with van der Waals surface area (Å²) < 4.78 is 7.32. The van der Waals surface area contributed by atoms with E-state index in [1.165, 1.54) is 11.1 Å². The molecule has 0 unspecified atom stereocenters. The molecule has 1 amide bonds. The topological polar surface area (TPSA) is 60.2 Å². The summed E-state index contributed by atoms with van der Waals surface area (Å²) in [4.78, 5) is 13.8. The zero-order chi connectivity index (χ0) is 16.4. The maximum absolute atomic E-state index is 11.9. The molecule has 0 saturated carbocycles. The molecule has 0 bridgehead atoms. The van der Waals surface area contributed by atoms with Gasteiger partial charge in [0.2, 0.25) is 5.91 Å². The lowest BCUT2D eigenvalue weighted by Crippen LogP contribution is -2.24. The Hall–Kier alpha value is -2.21. The van der Waals surface area contributed by atoms with Crippen LogP contribution in [-0.4, -0.2) is 45.6 Å². The Morgan fingerprint density at radius 3 is 2.75 bits per heavy atom. The van der Waals surface area contributed by atoms with Crippen molar-refractivity contribution in [2.45, 2.75) is 38.3 Å². The zero-order valence-corrected chi connectivity index (χ0v) is 13.7. The van der Waals surface area contributed by atoms with E-state index in [1.54, 1.807) is 0 Å². The van der Waals surface area contributed by atoms with E-state index >= 15 is 0 Å². The van der Waals surface area contributed by atoms with Crippen molar-refractivity contribution in [3.05, 3.63) is 47.3 Å². The molecule has 24 heavy (non-hydrogen) atoms. The lowest BCUT2D eigenvalue weighted by molar-refractivity contribution is -0.128. The van der Waals surface area contributed by atoms with Crippen molar-refractivity contribution in [2.24, 2.45) is 0 Å². The number of benzene rings is 1. The standard InChI is InChI=1S/C18H22N4O2/c23-18-6-3-8-21(18)10-14-4-1-2-5-15(14)11-22-12-17(19-20-22)16-7-9-24-13-16/h1-2,4-5,12,16H,3,6-11,13H2/t16-/m0/s1. The predicted octanol–water partition coefficient (Wildman–Crippen LogP) is 1.95. The molecule has 2 aliphatic heterocycles. The SMILES string of the molecule is O=C1CCCN1Cc1ccccc1Cn1cc([C@H]2CCOC2)nn1. The highest BCUT2D eigenvalue weighted by Gasteiger charge is 2.22. The fraction of sp³-hybridized carbons (Fsp3) is 0.500. The molecule has 4 rings (SSSR count). The molecule has 2 fully saturated rings. The van der Waals surface area contributed by atoms with E-state index in [1.807, 2.05) is 27.9 Å². The number of ether oxygens (including phenoxy) is 1. The Morgan fingerprint density at radius 1 is 1.21 bits per heavy atom. The summed E-state index contributed by atoms with van der Waals surface area (Å²) >= 11 is 0. The third-order valence-corrected chi connectivity index (χ3v) is 4.89. The van der Waals surface area contributed by atoms with Crippen LogP contribution in [0.1, 0.15) is 42.0 Å². The van der Waals surface area contributed by atoms with Crippen molar-refractivity contribution in [1.82, 2.24) is 19.9 Å². The van der Waals surface area contributed by atoms with E-state index in [9.17, 15) is 4.79 Å². The fourth-order valence-corrected chi connectivity index (χ4v) is 3.46. The number of nitrogens with zero attached hydrogens (tertiary/aromatic N) is 4. The molecule has 2 aliphatic rings. The van der Waals surface area contributed by atoms with Gasteiger partial charge in [-0.1, -0.05) is 29.5 Å². The third kappa shape index (κ3) is 3.19. The molecule has 0 N–H and O–H groups in total. The molecule has 1 atom stereocenters. The number of carbonyl (C=O) groups is 1. The minimum atomic E-state index is 0.258. The number of hydrogen-bond donors (Lipinski definition) is 0. The van der Waals surface area contributed by atoms with Crippen LogP contribution in [0, 0.1) is 0 Å². The van der Waals surface area contributed by atoms with Gasteiger partial charge in [-0.05, 0) is 24.0 Å². The second-order valence-electron chi connectivity index (χ2n) is 6.59. The van der Waals surface area contributed by atoms with Gasteiger partial charge in [0.05, 0.1) is 18.8 Å². The van der Waals surface area contributed by atoms with Crippen molar-refractivity contribution < 1.29 is 9.53 Å². The van der Waals surface area contributed by atoms with Crippen molar-refractivity contribution in [2.75, 3.05) is 19.8 Å². The summed E-state index contributed by atoms with van der Waals surface area (Å²) in [7, 11) is 0. The van der Waals surface area contributed by atoms with Gasteiger partial charge in [0.15, 0.2) is 0 Å². The minimum Gasteiger partial charge on any atom is -0.381 e. The summed E-state index contributed by atoms with van der Waals surface area (Å²) in [5, 5.41) is 8.58. The van der Waals surface area contributed by atoms with Gasteiger partial charge in [0.25, 0.3) is 0 Å². The Labute approximate surface area is 141 Å². The van der Waals surface area contributed by atoms with Crippen LogP contribution in [0.4, 0.5) is 0 Å². The lowest BCUT2D eigenvalue weighted by atomic mass is 10.1. The molecule has 2 saturated heterocycles. The lowest BCUT2D eigenvalue weighted by Gasteiger charge is -2.18. The Bertz CT molecular complexity index is 721. The Morgan fingerprint density at radius 2 is 2.04 bits per heavy atom.